The van der Waals surface area contributed by atoms with Gasteiger partial charge in [-0.3, -0.25) is 9.59 Å². The highest BCUT2D eigenvalue weighted by atomic mass is 16.2. The maximum Gasteiger partial charge on any atom is 0.288 e. The Morgan fingerprint density at radius 3 is 2.80 bits per heavy atom. The molecular weight excluding hydrogens is 132 g/mol. The summed E-state index contributed by atoms with van der Waals surface area (Å²) >= 11 is 0. The minimum absolute atomic E-state index is 0.198. The molecule has 10 heavy (non-hydrogen) atoms. The van der Waals surface area contributed by atoms with Crippen molar-refractivity contribution in [1.29, 1.82) is 5.26 Å². The van der Waals surface area contributed by atoms with Crippen molar-refractivity contribution < 1.29 is 9.59 Å². The SMILES string of the molecule is N#CC1CCC(=O)C(=O)N1. The van der Waals surface area contributed by atoms with Crippen LogP contribution in [0.25, 0.3) is 0 Å². The van der Waals surface area contributed by atoms with E-state index in [1.165, 1.54) is 0 Å². The third-order valence-corrected chi connectivity index (χ3v) is 1.37. The van der Waals surface area contributed by atoms with Crippen molar-refractivity contribution in [3.63, 3.8) is 0 Å². The number of nitrogens with zero attached hydrogens (tertiary/aromatic N) is 1. The van der Waals surface area contributed by atoms with Crippen LogP contribution in [0.5, 0.6) is 0 Å². The zero-order valence-electron chi connectivity index (χ0n) is 5.26. The summed E-state index contributed by atoms with van der Waals surface area (Å²) < 4.78 is 0. The van der Waals surface area contributed by atoms with E-state index >= 15 is 0 Å². The van der Waals surface area contributed by atoms with E-state index in [2.05, 4.69) is 5.32 Å². The number of amides is 1. The average molecular weight is 138 g/mol. The second-order valence-electron chi connectivity index (χ2n) is 2.12. The number of carbonyl (C=O) groups is 2. The molecule has 1 unspecified atom stereocenters. The molecule has 0 radical (unpaired) electrons. The van der Waals surface area contributed by atoms with Crippen LogP contribution in [0.4, 0.5) is 0 Å². The maximum atomic E-state index is 10.6. The van der Waals surface area contributed by atoms with Crippen molar-refractivity contribution in [2.45, 2.75) is 18.9 Å². The van der Waals surface area contributed by atoms with E-state index in [0.717, 1.165) is 0 Å². The fraction of sp³-hybridized carbons (Fsp3) is 0.500. The Hall–Kier alpha value is -1.37. The fourth-order valence-electron chi connectivity index (χ4n) is 0.797. The molecule has 1 amide bonds. The second kappa shape index (κ2) is 2.48. The molecule has 0 spiro atoms. The number of ketones is 1. The predicted octanol–water partition coefficient (Wildman–Crippen LogP) is -0.642. The van der Waals surface area contributed by atoms with Gasteiger partial charge < -0.3 is 5.32 Å². The minimum atomic E-state index is -0.627. The number of hydrogen-bond donors (Lipinski definition) is 1. The summed E-state index contributed by atoms with van der Waals surface area (Å²) in [4.78, 5) is 21.1. The van der Waals surface area contributed by atoms with E-state index in [1.54, 1.807) is 0 Å². The number of hydrogen-bond acceptors (Lipinski definition) is 3. The molecule has 1 saturated heterocycles. The van der Waals surface area contributed by atoms with Crippen molar-refractivity contribution in [2.24, 2.45) is 0 Å². The summed E-state index contributed by atoms with van der Waals surface area (Å²) in [6.07, 6.45) is 0.644. The summed E-state index contributed by atoms with van der Waals surface area (Å²) in [6.45, 7) is 0. The first-order valence-electron chi connectivity index (χ1n) is 2.97. The molecule has 0 bridgehead atoms. The highest BCUT2D eigenvalue weighted by molar-refractivity contribution is 6.36. The molecule has 1 atom stereocenters. The van der Waals surface area contributed by atoms with Gasteiger partial charge in [0.25, 0.3) is 5.91 Å². The molecular formula is C6H6N2O2. The largest absolute Gasteiger partial charge is 0.334 e. The Labute approximate surface area is 57.8 Å². The van der Waals surface area contributed by atoms with Gasteiger partial charge >= 0.3 is 0 Å². The van der Waals surface area contributed by atoms with Gasteiger partial charge in [-0.25, -0.2) is 0 Å². The fourth-order valence-corrected chi connectivity index (χ4v) is 0.797. The smallest absolute Gasteiger partial charge is 0.288 e. The van der Waals surface area contributed by atoms with Gasteiger partial charge in [0.1, 0.15) is 6.04 Å². The van der Waals surface area contributed by atoms with Crippen LogP contribution < -0.4 is 5.32 Å². The lowest BCUT2D eigenvalue weighted by Crippen LogP contribution is -2.43. The first-order valence-corrected chi connectivity index (χ1v) is 2.97. The van der Waals surface area contributed by atoms with Gasteiger partial charge in [0, 0.05) is 6.42 Å². The van der Waals surface area contributed by atoms with Crippen molar-refractivity contribution >= 4 is 11.7 Å². The van der Waals surface area contributed by atoms with E-state index in [0.29, 0.717) is 6.42 Å². The van der Waals surface area contributed by atoms with Crippen LogP contribution in [-0.2, 0) is 9.59 Å². The molecule has 0 aromatic heterocycles. The Balaban J connectivity index is 2.59. The van der Waals surface area contributed by atoms with Crippen molar-refractivity contribution in [2.75, 3.05) is 0 Å². The number of piperidine rings is 1. The van der Waals surface area contributed by atoms with Crippen LogP contribution in [0, 0.1) is 11.3 Å². The van der Waals surface area contributed by atoms with Gasteiger partial charge in [0.2, 0.25) is 5.78 Å². The molecule has 52 valence electrons. The van der Waals surface area contributed by atoms with Gasteiger partial charge in [-0.2, -0.15) is 5.26 Å². The molecule has 0 saturated carbocycles. The number of rotatable bonds is 0. The van der Waals surface area contributed by atoms with E-state index in [4.69, 9.17) is 5.26 Å². The Bertz CT molecular complexity index is 216. The molecule has 1 heterocycles. The van der Waals surface area contributed by atoms with E-state index < -0.39 is 17.7 Å². The zero-order chi connectivity index (χ0) is 7.56. The lowest BCUT2D eigenvalue weighted by molar-refractivity contribution is -0.139. The first kappa shape index (κ1) is 6.75. The van der Waals surface area contributed by atoms with Gasteiger partial charge in [-0.1, -0.05) is 0 Å². The van der Waals surface area contributed by atoms with Crippen molar-refractivity contribution in [3.8, 4) is 6.07 Å². The van der Waals surface area contributed by atoms with Crippen molar-refractivity contribution in [3.05, 3.63) is 0 Å². The molecule has 1 aliphatic heterocycles. The van der Waals surface area contributed by atoms with E-state index in [1.807, 2.05) is 6.07 Å². The van der Waals surface area contributed by atoms with Gasteiger partial charge in [0.05, 0.1) is 6.07 Å². The van der Waals surface area contributed by atoms with Gasteiger partial charge in [-0.05, 0) is 6.42 Å². The maximum absolute atomic E-state index is 10.6. The Morgan fingerprint density at radius 1 is 1.60 bits per heavy atom. The molecule has 4 nitrogen and oxygen atoms in total. The summed E-state index contributed by atoms with van der Waals surface area (Å²) in [7, 11) is 0. The molecule has 0 aromatic rings. The molecule has 1 fully saturated rings. The monoisotopic (exact) mass is 138 g/mol. The number of carbonyl (C=O) groups excluding carboxylic acids is 2. The standard InChI is InChI=1S/C6H6N2O2/c7-3-4-1-2-5(9)6(10)8-4/h4H,1-2H2,(H,8,10). The summed E-state index contributed by atoms with van der Waals surface area (Å²) in [5, 5.41) is 10.6. The van der Waals surface area contributed by atoms with Crippen LogP contribution >= 0.6 is 0 Å². The lowest BCUT2D eigenvalue weighted by Gasteiger charge is -2.14. The minimum Gasteiger partial charge on any atom is -0.334 e. The van der Waals surface area contributed by atoms with Crippen LogP contribution in [0.15, 0.2) is 0 Å². The van der Waals surface area contributed by atoms with E-state index in [9.17, 15) is 9.59 Å². The molecule has 1 N–H and O–H groups in total. The third kappa shape index (κ3) is 1.13. The molecule has 4 heteroatoms. The van der Waals surface area contributed by atoms with Gasteiger partial charge in [-0.15, -0.1) is 0 Å². The topological polar surface area (TPSA) is 70.0 Å². The van der Waals surface area contributed by atoms with E-state index in [-0.39, 0.29) is 6.42 Å². The third-order valence-electron chi connectivity index (χ3n) is 1.37. The number of Topliss-reactive ketones (excluding diaryl/α,β-unsaturated/α-hetero) is 1. The summed E-state index contributed by atoms with van der Waals surface area (Å²) in [5.74, 6) is -1.05. The van der Waals surface area contributed by atoms with Crippen molar-refractivity contribution in [1.82, 2.24) is 5.32 Å². The highest BCUT2D eigenvalue weighted by Crippen LogP contribution is 2.03. The Morgan fingerprint density at radius 2 is 2.30 bits per heavy atom. The average Bonchev–Trinajstić information content (AvgIpc) is 1.95. The molecule has 0 aromatic carbocycles. The first-order chi connectivity index (χ1) is 4.74. The molecule has 1 rings (SSSR count). The van der Waals surface area contributed by atoms with Crippen LogP contribution in [0.3, 0.4) is 0 Å². The quantitative estimate of drug-likeness (QED) is 0.452. The van der Waals surface area contributed by atoms with Crippen LogP contribution in [-0.4, -0.2) is 17.7 Å². The normalized spacial score (nSPS) is 25.3. The predicted molar refractivity (Wildman–Crippen MR) is 31.8 cm³/mol. The second-order valence-corrected chi connectivity index (χ2v) is 2.12. The van der Waals surface area contributed by atoms with Crippen LogP contribution in [0.2, 0.25) is 0 Å². The summed E-state index contributed by atoms with van der Waals surface area (Å²) in [6, 6.07) is 1.40. The van der Waals surface area contributed by atoms with Gasteiger partial charge in [0.15, 0.2) is 0 Å². The van der Waals surface area contributed by atoms with Crippen LogP contribution in [0.1, 0.15) is 12.8 Å². The molecule has 0 aliphatic carbocycles. The number of nitrogens with one attached hydrogen (secondary N) is 1. The Kier molecular flexibility index (Phi) is 1.67. The highest BCUT2D eigenvalue weighted by Gasteiger charge is 2.24. The zero-order valence-corrected chi connectivity index (χ0v) is 5.26. The number of nitriles is 1. The molecule has 1 aliphatic rings. The summed E-state index contributed by atoms with van der Waals surface area (Å²) in [5.41, 5.74) is 0. The lowest BCUT2D eigenvalue weighted by atomic mass is 10.1.